The van der Waals surface area contributed by atoms with Crippen LogP contribution in [0.3, 0.4) is 0 Å². The number of amides is 1. The monoisotopic (exact) mass is 193 g/mol. The highest BCUT2D eigenvalue weighted by atomic mass is 16.5. The molecule has 1 amide bonds. The van der Waals surface area contributed by atoms with Gasteiger partial charge in [-0.1, -0.05) is 0 Å². The average molecular weight is 193 g/mol. The van der Waals surface area contributed by atoms with E-state index in [2.05, 4.69) is 4.98 Å². The number of anilines is 1. The Labute approximate surface area is 81.1 Å². The number of nitrogens with two attached hydrogens (primary N) is 2. The van der Waals surface area contributed by atoms with Gasteiger partial charge in [-0.25, -0.2) is 4.98 Å². The largest absolute Gasteiger partial charge is 0.488 e. The van der Waals surface area contributed by atoms with E-state index in [0.717, 1.165) is 12.8 Å². The summed E-state index contributed by atoms with van der Waals surface area (Å²) in [6.07, 6.45) is 3.77. The molecule has 1 aromatic heterocycles. The summed E-state index contributed by atoms with van der Waals surface area (Å²) in [5.41, 5.74) is 11.1. The molecule has 1 aliphatic rings. The lowest BCUT2D eigenvalue weighted by Crippen LogP contribution is -2.16. The van der Waals surface area contributed by atoms with Gasteiger partial charge < -0.3 is 16.2 Å². The lowest BCUT2D eigenvalue weighted by atomic mass is 10.2. The maximum atomic E-state index is 10.9. The van der Waals surface area contributed by atoms with Crippen molar-refractivity contribution >= 4 is 11.6 Å². The fourth-order valence-corrected chi connectivity index (χ4v) is 1.12. The first-order valence-corrected chi connectivity index (χ1v) is 4.39. The van der Waals surface area contributed by atoms with Crippen LogP contribution in [0.4, 0.5) is 5.69 Å². The molecule has 2 rings (SSSR count). The van der Waals surface area contributed by atoms with E-state index in [4.69, 9.17) is 16.2 Å². The van der Waals surface area contributed by atoms with Crippen LogP contribution in [0.5, 0.6) is 5.75 Å². The van der Waals surface area contributed by atoms with Gasteiger partial charge >= 0.3 is 0 Å². The summed E-state index contributed by atoms with van der Waals surface area (Å²) in [5.74, 6) is -0.139. The topological polar surface area (TPSA) is 91.2 Å². The molecule has 0 saturated heterocycles. The van der Waals surface area contributed by atoms with Gasteiger partial charge in [0, 0.05) is 12.3 Å². The summed E-state index contributed by atoms with van der Waals surface area (Å²) in [7, 11) is 0. The van der Waals surface area contributed by atoms with E-state index in [9.17, 15) is 4.79 Å². The maximum Gasteiger partial charge on any atom is 0.269 e. The van der Waals surface area contributed by atoms with E-state index in [-0.39, 0.29) is 17.5 Å². The number of hydrogen-bond acceptors (Lipinski definition) is 4. The van der Waals surface area contributed by atoms with Crippen LogP contribution in [0.2, 0.25) is 0 Å². The van der Waals surface area contributed by atoms with Gasteiger partial charge in [-0.15, -0.1) is 0 Å². The Morgan fingerprint density at radius 1 is 1.57 bits per heavy atom. The van der Waals surface area contributed by atoms with E-state index in [0.29, 0.717) is 5.75 Å². The molecule has 0 aromatic carbocycles. The van der Waals surface area contributed by atoms with Crippen molar-refractivity contribution in [3.05, 3.63) is 18.0 Å². The second-order valence-electron chi connectivity index (χ2n) is 3.25. The predicted octanol–water partition coefficient (Wildman–Crippen LogP) is 0.304. The number of pyridine rings is 1. The summed E-state index contributed by atoms with van der Waals surface area (Å²) in [4.78, 5) is 14.7. The van der Waals surface area contributed by atoms with Crippen LogP contribution in [-0.2, 0) is 0 Å². The van der Waals surface area contributed by atoms with Gasteiger partial charge in [0.25, 0.3) is 5.91 Å². The second kappa shape index (κ2) is 3.17. The van der Waals surface area contributed by atoms with E-state index < -0.39 is 5.91 Å². The fraction of sp³-hybridized carbons (Fsp3) is 0.333. The van der Waals surface area contributed by atoms with Gasteiger partial charge in [0.1, 0.15) is 11.4 Å². The number of rotatable bonds is 3. The number of ether oxygens (including phenoxy) is 1. The van der Waals surface area contributed by atoms with Crippen molar-refractivity contribution in [2.45, 2.75) is 18.9 Å². The van der Waals surface area contributed by atoms with E-state index in [1.165, 1.54) is 6.20 Å². The third kappa shape index (κ3) is 1.61. The number of nitrogens with zero attached hydrogens (tertiary/aromatic N) is 1. The molecule has 5 nitrogen and oxygen atoms in total. The number of nitrogen functional groups attached to an aromatic ring is 1. The van der Waals surface area contributed by atoms with Gasteiger partial charge in [0.2, 0.25) is 0 Å². The molecule has 0 unspecified atom stereocenters. The minimum atomic E-state index is -0.635. The molecular weight excluding hydrogens is 182 g/mol. The minimum Gasteiger partial charge on any atom is -0.488 e. The Morgan fingerprint density at radius 3 is 2.86 bits per heavy atom. The Hall–Kier alpha value is -1.78. The molecule has 1 fully saturated rings. The van der Waals surface area contributed by atoms with Crippen LogP contribution in [0, 0.1) is 0 Å². The quantitative estimate of drug-likeness (QED) is 0.722. The molecule has 1 aromatic rings. The molecule has 1 saturated carbocycles. The molecule has 0 bridgehead atoms. The van der Waals surface area contributed by atoms with Crippen LogP contribution >= 0.6 is 0 Å². The zero-order valence-electron chi connectivity index (χ0n) is 7.56. The molecule has 0 atom stereocenters. The van der Waals surface area contributed by atoms with Gasteiger partial charge in [-0.05, 0) is 12.8 Å². The smallest absolute Gasteiger partial charge is 0.269 e. The number of aromatic nitrogens is 1. The van der Waals surface area contributed by atoms with Crippen molar-refractivity contribution in [2.24, 2.45) is 5.73 Å². The number of hydrogen-bond donors (Lipinski definition) is 2. The Bertz CT molecular complexity index is 374. The second-order valence-corrected chi connectivity index (χ2v) is 3.25. The molecule has 0 aliphatic heterocycles. The summed E-state index contributed by atoms with van der Waals surface area (Å²) in [6.45, 7) is 0. The predicted molar refractivity (Wildman–Crippen MR) is 50.8 cm³/mol. The minimum absolute atomic E-state index is 0.0724. The molecule has 0 spiro atoms. The number of carbonyl (C=O) groups excluding carboxylic acids is 1. The van der Waals surface area contributed by atoms with Crippen LogP contribution < -0.4 is 16.2 Å². The van der Waals surface area contributed by atoms with Gasteiger partial charge in [-0.3, -0.25) is 4.79 Å². The van der Waals surface area contributed by atoms with Crippen molar-refractivity contribution in [3.8, 4) is 5.75 Å². The van der Waals surface area contributed by atoms with Gasteiger partial charge in [0.15, 0.2) is 5.69 Å². The van der Waals surface area contributed by atoms with Crippen LogP contribution in [0.1, 0.15) is 23.3 Å². The Morgan fingerprint density at radius 2 is 2.29 bits per heavy atom. The molecule has 74 valence electrons. The van der Waals surface area contributed by atoms with Crippen molar-refractivity contribution in [1.82, 2.24) is 4.98 Å². The van der Waals surface area contributed by atoms with Crippen molar-refractivity contribution < 1.29 is 9.53 Å². The summed E-state index contributed by atoms with van der Waals surface area (Å²) < 4.78 is 5.47. The molecule has 14 heavy (non-hydrogen) atoms. The van der Waals surface area contributed by atoms with Crippen LogP contribution in [0.25, 0.3) is 0 Å². The van der Waals surface area contributed by atoms with Crippen LogP contribution in [0.15, 0.2) is 12.3 Å². The van der Waals surface area contributed by atoms with Crippen molar-refractivity contribution in [2.75, 3.05) is 5.73 Å². The molecule has 4 N–H and O–H groups in total. The lowest BCUT2D eigenvalue weighted by molar-refractivity contribution is 0.0996. The highest BCUT2D eigenvalue weighted by Gasteiger charge is 2.25. The molecule has 1 heterocycles. The maximum absolute atomic E-state index is 10.9. The molecule has 5 heteroatoms. The lowest BCUT2D eigenvalue weighted by Gasteiger charge is -2.08. The van der Waals surface area contributed by atoms with E-state index >= 15 is 0 Å². The van der Waals surface area contributed by atoms with Gasteiger partial charge in [0.05, 0.1) is 6.10 Å². The first-order valence-electron chi connectivity index (χ1n) is 4.39. The number of carbonyl (C=O) groups is 1. The number of primary amides is 1. The highest BCUT2D eigenvalue weighted by Crippen LogP contribution is 2.31. The third-order valence-electron chi connectivity index (χ3n) is 2.00. The Balaban J connectivity index is 2.30. The van der Waals surface area contributed by atoms with Gasteiger partial charge in [-0.2, -0.15) is 0 Å². The first-order chi connectivity index (χ1) is 6.68. The zero-order chi connectivity index (χ0) is 10.1. The zero-order valence-corrected chi connectivity index (χ0v) is 7.56. The highest BCUT2D eigenvalue weighted by molar-refractivity contribution is 5.97. The average Bonchev–Trinajstić information content (AvgIpc) is 2.92. The normalized spacial score (nSPS) is 15.1. The molecular formula is C9H11N3O2. The van der Waals surface area contributed by atoms with Crippen LogP contribution in [-0.4, -0.2) is 17.0 Å². The van der Waals surface area contributed by atoms with Crippen molar-refractivity contribution in [3.63, 3.8) is 0 Å². The first kappa shape index (κ1) is 8.80. The molecule has 0 radical (unpaired) electrons. The summed E-state index contributed by atoms with van der Waals surface area (Å²) >= 11 is 0. The SMILES string of the molecule is NC(=O)c1nccc(OC2CC2)c1N. The molecule has 1 aliphatic carbocycles. The third-order valence-corrected chi connectivity index (χ3v) is 2.00. The fourth-order valence-electron chi connectivity index (χ4n) is 1.12. The standard InChI is InChI=1S/C9H11N3O2/c10-7-6(14-5-1-2-5)3-4-12-8(7)9(11)13/h3-5H,1-2,10H2,(H2,11,13). The summed E-state index contributed by atoms with van der Waals surface area (Å²) in [6, 6.07) is 1.64. The Kier molecular flexibility index (Phi) is 1.99. The van der Waals surface area contributed by atoms with E-state index in [1.54, 1.807) is 6.07 Å². The van der Waals surface area contributed by atoms with Crippen molar-refractivity contribution in [1.29, 1.82) is 0 Å². The summed E-state index contributed by atoms with van der Waals surface area (Å²) in [5, 5.41) is 0. The van der Waals surface area contributed by atoms with E-state index in [1.807, 2.05) is 0 Å².